The Morgan fingerprint density at radius 2 is 1.95 bits per heavy atom. The minimum absolute atomic E-state index is 0.255. The molecule has 22 heavy (non-hydrogen) atoms. The number of nitrogens with zero attached hydrogens (tertiary/aromatic N) is 3. The lowest BCUT2D eigenvalue weighted by Crippen LogP contribution is -2.03. The molecular weight excluding hydrogens is 316 g/mol. The number of aromatic nitrogens is 3. The van der Waals surface area contributed by atoms with Crippen LogP contribution in [0.25, 0.3) is 0 Å². The summed E-state index contributed by atoms with van der Waals surface area (Å²) in [4.78, 5) is 12.8. The predicted molar refractivity (Wildman–Crippen MR) is 90.5 cm³/mol. The van der Waals surface area contributed by atoms with E-state index in [1.54, 1.807) is 11.3 Å². The fourth-order valence-corrected chi connectivity index (χ4v) is 3.14. The topological polar surface area (TPSA) is 50.7 Å². The number of aryl methyl sites for hydroxylation is 1. The Hall–Kier alpha value is -1.98. The normalized spacial score (nSPS) is 10.6. The number of benzene rings is 1. The van der Waals surface area contributed by atoms with Gasteiger partial charge in [0.05, 0.1) is 17.2 Å². The van der Waals surface area contributed by atoms with Gasteiger partial charge >= 0.3 is 0 Å². The summed E-state index contributed by atoms with van der Waals surface area (Å²) in [5.41, 5.74) is 3.11. The van der Waals surface area contributed by atoms with Gasteiger partial charge in [-0.3, -0.25) is 0 Å². The second-order valence-electron chi connectivity index (χ2n) is 4.91. The zero-order chi connectivity index (χ0) is 15.4. The molecule has 6 heteroatoms. The summed E-state index contributed by atoms with van der Waals surface area (Å²) >= 11 is 7.53. The van der Waals surface area contributed by atoms with Crippen molar-refractivity contribution >= 4 is 28.8 Å². The summed E-state index contributed by atoms with van der Waals surface area (Å²) in [5.74, 6) is 0.718. The van der Waals surface area contributed by atoms with Crippen LogP contribution in [0.15, 0.2) is 41.8 Å². The highest BCUT2D eigenvalue weighted by Crippen LogP contribution is 2.16. The van der Waals surface area contributed by atoms with Crippen LogP contribution in [0.1, 0.15) is 22.0 Å². The summed E-state index contributed by atoms with van der Waals surface area (Å²) in [6.07, 6.45) is 0.865. The molecule has 2 aromatic heterocycles. The highest BCUT2D eigenvalue weighted by atomic mass is 35.5. The Bertz CT molecular complexity index is 738. The molecule has 112 valence electrons. The van der Waals surface area contributed by atoms with Gasteiger partial charge in [-0.25, -0.2) is 15.0 Å². The Morgan fingerprint density at radius 3 is 2.73 bits per heavy atom. The summed E-state index contributed by atoms with van der Waals surface area (Å²) in [6, 6.07) is 12.2. The molecule has 4 nitrogen and oxygen atoms in total. The van der Waals surface area contributed by atoms with Gasteiger partial charge in [-0.05, 0) is 24.1 Å². The van der Waals surface area contributed by atoms with Crippen LogP contribution in [-0.2, 0) is 13.0 Å². The molecule has 3 rings (SSSR count). The van der Waals surface area contributed by atoms with Gasteiger partial charge in [-0.2, -0.15) is 0 Å². The number of rotatable bonds is 5. The van der Waals surface area contributed by atoms with E-state index in [-0.39, 0.29) is 5.28 Å². The van der Waals surface area contributed by atoms with Crippen LogP contribution < -0.4 is 5.32 Å². The molecule has 2 heterocycles. The van der Waals surface area contributed by atoms with Crippen molar-refractivity contribution in [2.45, 2.75) is 19.9 Å². The molecule has 0 aliphatic rings. The lowest BCUT2D eigenvalue weighted by Gasteiger charge is -2.04. The number of thiazole rings is 1. The average Bonchev–Trinajstić information content (AvgIpc) is 2.93. The van der Waals surface area contributed by atoms with Crippen LogP contribution in [0, 0.1) is 6.92 Å². The highest BCUT2D eigenvalue weighted by Gasteiger charge is 2.05. The van der Waals surface area contributed by atoms with E-state index in [0.717, 1.165) is 28.6 Å². The lowest BCUT2D eigenvalue weighted by atomic mass is 10.2. The van der Waals surface area contributed by atoms with Gasteiger partial charge in [0.2, 0.25) is 5.28 Å². The summed E-state index contributed by atoms with van der Waals surface area (Å²) in [7, 11) is 0. The Balaban J connectivity index is 1.62. The van der Waals surface area contributed by atoms with Gasteiger partial charge in [-0.1, -0.05) is 30.3 Å². The Kier molecular flexibility index (Phi) is 4.65. The third kappa shape index (κ3) is 4.02. The molecule has 1 N–H and O–H groups in total. The van der Waals surface area contributed by atoms with Crippen LogP contribution in [0.5, 0.6) is 0 Å². The predicted octanol–water partition coefficient (Wildman–Crippen LogP) is 4.10. The molecule has 3 aromatic rings. The summed E-state index contributed by atoms with van der Waals surface area (Å²) in [6.45, 7) is 2.51. The number of hydrogen-bond donors (Lipinski definition) is 1. The minimum atomic E-state index is 0.255. The molecule has 0 aliphatic carbocycles. The molecule has 0 radical (unpaired) electrons. The summed E-state index contributed by atoms with van der Waals surface area (Å²) in [5, 5.41) is 6.66. The van der Waals surface area contributed by atoms with Gasteiger partial charge in [0, 0.05) is 23.6 Å². The maximum absolute atomic E-state index is 5.85. The molecule has 0 aliphatic heterocycles. The molecule has 1 aromatic carbocycles. The Morgan fingerprint density at radius 1 is 1.14 bits per heavy atom. The van der Waals surface area contributed by atoms with E-state index in [2.05, 4.69) is 37.8 Å². The van der Waals surface area contributed by atoms with E-state index >= 15 is 0 Å². The van der Waals surface area contributed by atoms with E-state index < -0.39 is 0 Å². The van der Waals surface area contributed by atoms with Crippen molar-refractivity contribution in [1.82, 2.24) is 15.0 Å². The first-order valence-corrected chi connectivity index (χ1v) is 8.17. The van der Waals surface area contributed by atoms with Crippen LogP contribution in [0.2, 0.25) is 5.28 Å². The first kappa shape index (κ1) is 14.9. The molecule has 0 amide bonds. The quantitative estimate of drug-likeness (QED) is 0.716. The van der Waals surface area contributed by atoms with Gasteiger partial charge < -0.3 is 5.32 Å². The van der Waals surface area contributed by atoms with Crippen molar-refractivity contribution in [3.63, 3.8) is 0 Å². The minimum Gasteiger partial charge on any atom is -0.364 e. The van der Waals surface area contributed by atoms with Crippen molar-refractivity contribution in [2.75, 3.05) is 5.32 Å². The maximum Gasteiger partial charge on any atom is 0.224 e. The monoisotopic (exact) mass is 330 g/mol. The van der Waals surface area contributed by atoms with E-state index in [4.69, 9.17) is 11.6 Å². The number of halogens is 1. The molecule has 0 saturated heterocycles. The van der Waals surface area contributed by atoms with Gasteiger partial charge in [-0.15, -0.1) is 11.3 Å². The molecule has 0 saturated carbocycles. The molecular formula is C16H15ClN4S. The highest BCUT2D eigenvalue weighted by molar-refractivity contribution is 7.09. The van der Waals surface area contributed by atoms with E-state index in [1.165, 1.54) is 5.56 Å². The van der Waals surface area contributed by atoms with Crippen LogP contribution in [0.4, 0.5) is 5.82 Å². The molecule has 0 spiro atoms. The standard InChI is InChI=1S/C16H15ClN4S/c1-11-7-14(21-16(17)19-11)18-9-13-10-22-15(20-13)8-12-5-3-2-4-6-12/h2-7,10H,8-9H2,1H3,(H,18,19,21). The van der Waals surface area contributed by atoms with Crippen LogP contribution in [0.3, 0.4) is 0 Å². The first-order valence-electron chi connectivity index (χ1n) is 6.91. The molecule has 0 atom stereocenters. The van der Waals surface area contributed by atoms with Crippen molar-refractivity contribution in [1.29, 1.82) is 0 Å². The van der Waals surface area contributed by atoms with Crippen LogP contribution >= 0.6 is 22.9 Å². The van der Waals surface area contributed by atoms with E-state index in [1.807, 2.05) is 31.2 Å². The third-order valence-corrected chi connectivity index (χ3v) is 4.14. The van der Waals surface area contributed by atoms with Crippen LogP contribution in [-0.4, -0.2) is 15.0 Å². The zero-order valence-electron chi connectivity index (χ0n) is 12.1. The van der Waals surface area contributed by atoms with Crippen molar-refractivity contribution in [3.8, 4) is 0 Å². The summed E-state index contributed by atoms with van der Waals surface area (Å²) < 4.78 is 0. The lowest BCUT2D eigenvalue weighted by molar-refractivity contribution is 1.00. The Labute approximate surface area is 138 Å². The second-order valence-corrected chi connectivity index (χ2v) is 6.19. The van der Waals surface area contributed by atoms with Gasteiger partial charge in [0.1, 0.15) is 5.82 Å². The van der Waals surface area contributed by atoms with Gasteiger partial charge in [0.25, 0.3) is 0 Å². The first-order chi connectivity index (χ1) is 10.7. The van der Waals surface area contributed by atoms with E-state index in [0.29, 0.717) is 6.54 Å². The van der Waals surface area contributed by atoms with Crippen molar-refractivity contribution in [2.24, 2.45) is 0 Å². The zero-order valence-corrected chi connectivity index (χ0v) is 13.7. The number of hydrogen-bond acceptors (Lipinski definition) is 5. The molecule has 0 fully saturated rings. The fraction of sp³-hybridized carbons (Fsp3) is 0.188. The third-order valence-electron chi connectivity index (χ3n) is 3.08. The number of nitrogens with one attached hydrogen (secondary N) is 1. The molecule has 0 unspecified atom stereocenters. The van der Waals surface area contributed by atoms with E-state index in [9.17, 15) is 0 Å². The smallest absolute Gasteiger partial charge is 0.224 e. The fourth-order valence-electron chi connectivity index (χ4n) is 2.09. The van der Waals surface area contributed by atoms with Crippen molar-refractivity contribution < 1.29 is 0 Å². The molecule has 0 bridgehead atoms. The maximum atomic E-state index is 5.85. The van der Waals surface area contributed by atoms with Crippen molar-refractivity contribution in [3.05, 3.63) is 69.0 Å². The number of anilines is 1. The largest absolute Gasteiger partial charge is 0.364 e. The SMILES string of the molecule is Cc1cc(NCc2csc(Cc3ccccc3)n2)nc(Cl)n1. The average molecular weight is 331 g/mol. The second kappa shape index (κ2) is 6.85. The van der Waals surface area contributed by atoms with Gasteiger partial charge in [0.15, 0.2) is 0 Å².